The average molecular weight is 233 g/mol. The molecule has 0 spiro atoms. The summed E-state index contributed by atoms with van der Waals surface area (Å²) in [6.07, 6.45) is 0. The van der Waals surface area contributed by atoms with E-state index in [1.807, 2.05) is 38.1 Å². The quantitative estimate of drug-likeness (QED) is 0.618. The number of rotatable bonds is 2. The lowest BCUT2D eigenvalue weighted by Gasteiger charge is -2.02. The normalized spacial score (nSPS) is 9.76. The number of nitrogen functional groups attached to an aromatic ring is 1. The third kappa shape index (κ3) is 3.64. The minimum Gasteiger partial charge on any atom is -0.507 e. The van der Waals surface area contributed by atoms with Crippen LogP contribution in [0.4, 0.5) is 5.69 Å². The van der Waals surface area contributed by atoms with E-state index in [9.17, 15) is 5.11 Å². The van der Waals surface area contributed by atoms with Crippen LogP contribution in [0.15, 0.2) is 36.4 Å². The zero-order valence-electron chi connectivity index (χ0n) is 10.3. The molecule has 0 aliphatic rings. The van der Waals surface area contributed by atoms with Gasteiger partial charge in [0, 0.05) is 29.7 Å². The van der Waals surface area contributed by atoms with Crippen molar-refractivity contribution < 1.29 is 9.84 Å². The van der Waals surface area contributed by atoms with E-state index in [1.165, 1.54) is 0 Å². The first-order valence-electron chi connectivity index (χ1n) is 5.74. The van der Waals surface area contributed by atoms with Crippen LogP contribution >= 0.6 is 0 Å². The molecule has 0 aromatic heterocycles. The molecular formula is C14H19NO2. The highest BCUT2D eigenvalue weighted by Gasteiger charge is 2.00. The van der Waals surface area contributed by atoms with Gasteiger partial charge in [-0.2, -0.15) is 0 Å². The fraction of sp³-hybridized carbons (Fsp3) is 0.286. The predicted octanol–water partition coefficient (Wildman–Crippen LogP) is 3.17. The van der Waals surface area contributed by atoms with Gasteiger partial charge < -0.3 is 15.6 Å². The van der Waals surface area contributed by atoms with Crippen molar-refractivity contribution in [2.75, 3.05) is 18.9 Å². The maximum Gasteiger partial charge on any atom is 0.123 e. The Hall–Kier alpha value is -1.74. The highest BCUT2D eigenvalue weighted by molar-refractivity contribution is 5.96. The molecule has 0 unspecified atom stereocenters. The molecule has 3 N–H and O–H groups in total. The van der Waals surface area contributed by atoms with E-state index in [2.05, 4.69) is 0 Å². The maximum atomic E-state index is 9.44. The first-order valence-corrected chi connectivity index (χ1v) is 5.74. The molecule has 0 saturated heterocycles. The Bertz CT molecular complexity index is 426. The summed E-state index contributed by atoms with van der Waals surface area (Å²) >= 11 is 0. The van der Waals surface area contributed by atoms with Crippen LogP contribution in [0.1, 0.15) is 13.8 Å². The molecule has 0 amide bonds. The summed E-state index contributed by atoms with van der Waals surface area (Å²) in [5, 5.41) is 11.1. The number of hydrogen-bond donors (Lipinski definition) is 2. The van der Waals surface area contributed by atoms with Crippen molar-refractivity contribution in [3.63, 3.8) is 0 Å². The van der Waals surface area contributed by atoms with Gasteiger partial charge in [-0.05, 0) is 26.0 Å². The number of nitrogens with two attached hydrogens (primary N) is 1. The molecule has 0 heterocycles. The molecule has 0 saturated carbocycles. The molecule has 0 atom stereocenters. The van der Waals surface area contributed by atoms with Gasteiger partial charge in [0.2, 0.25) is 0 Å². The molecular weight excluding hydrogens is 214 g/mol. The number of anilines is 1. The van der Waals surface area contributed by atoms with Gasteiger partial charge in [-0.3, -0.25) is 0 Å². The first kappa shape index (κ1) is 13.3. The van der Waals surface area contributed by atoms with Gasteiger partial charge in [-0.1, -0.05) is 24.3 Å². The van der Waals surface area contributed by atoms with E-state index >= 15 is 0 Å². The third-order valence-corrected chi connectivity index (χ3v) is 2.34. The zero-order valence-corrected chi connectivity index (χ0v) is 10.3. The highest BCUT2D eigenvalue weighted by atomic mass is 16.5. The van der Waals surface area contributed by atoms with Gasteiger partial charge >= 0.3 is 0 Å². The van der Waals surface area contributed by atoms with E-state index < -0.39 is 0 Å². The zero-order chi connectivity index (χ0) is 12.7. The van der Waals surface area contributed by atoms with Gasteiger partial charge in [0.25, 0.3) is 0 Å². The topological polar surface area (TPSA) is 55.5 Å². The number of hydrogen-bond acceptors (Lipinski definition) is 3. The number of phenols is 1. The maximum absolute atomic E-state index is 9.44. The summed E-state index contributed by atoms with van der Waals surface area (Å²) < 4.78 is 4.83. The Morgan fingerprint density at radius 2 is 1.59 bits per heavy atom. The molecule has 0 aliphatic carbocycles. The molecule has 0 aliphatic heterocycles. The van der Waals surface area contributed by atoms with Crippen LogP contribution in [0.25, 0.3) is 10.8 Å². The Balaban J connectivity index is 0.000000249. The van der Waals surface area contributed by atoms with Crippen molar-refractivity contribution in [3.05, 3.63) is 36.4 Å². The minimum absolute atomic E-state index is 0.278. The van der Waals surface area contributed by atoms with Gasteiger partial charge in [0.1, 0.15) is 5.75 Å². The van der Waals surface area contributed by atoms with E-state index in [4.69, 9.17) is 10.5 Å². The van der Waals surface area contributed by atoms with Gasteiger partial charge in [0.15, 0.2) is 0 Å². The summed E-state index contributed by atoms with van der Waals surface area (Å²) in [4.78, 5) is 0. The Labute approximate surface area is 102 Å². The second kappa shape index (κ2) is 6.76. The molecule has 0 bridgehead atoms. The van der Waals surface area contributed by atoms with Crippen molar-refractivity contribution in [3.8, 4) is 5.75 Å². The first-order chi connectivity index (χ1) is 8.20. The SMILES string of the molecule is CCOCC.Nc1ccc(O)c2ccccc12. The summed E-state index contributed by atoms with van der Waals surface area (Å²) in [6, 6.07) is 10.8. The molecule has 2 aromatic rings. The number of benzene rings is 2. The van der Waals surface area contributed by atoms with E-state index in [1.54, 1.807) is 12.1 Å². The van der Waals surface area contributed by atoms with Gasteiger partial charge in [-0.15, -0.1) is 0 Å². The van der Waals surface area contributed by atoms with Crippen molar-refractivity contribution in [2.45, 2.75) is 13.8 Å². The van der Waals surface area contributed by atoms with Crippen LogP contribution in [0.2, 0.25) is 0 Å². The molecule has 92 valence electrons. The standard InChI is InChI=1S/C10H9NO.C4H10O/c11-9-5-6-10(12)8-4-2-1-3-7(8)9;1-3-5-4-2/h1-6,12H,11H2;3-4H2,1-2H3. The lowest BCUT2D eigenvalue weighted by molar-refractivity contribution is 0.162. The van der Waals surface area contributed by atoms with Gasteiger partial charge in [-0.25, -0.2) is 0 Å². The van der Waals surface area contributed by atoms with E-state index in [0.29, 0.717) is 5.69 Å². The average Bonchev–Trinajstić information content (AvgIpc) is 2.36. The largest absolute Gasteiger partial charge is 0.507 e. The lowest BCUT2D eigenvalue weighted by atomic mass is 10.1. The molecule has 17 heavy (non-hydrogen) atoms. The second-order valence-electron chi connectivity index (χ2n) is 3.50. The molecule has 3 nitrogen and oxygen atoms in total. The molecule has 2 aromatic carbocycles. The monoisotopic (exact) mass is 233 g/mol. The fourth-order valence-electron chi connectivity index (χ4n) is 1.51. The van der Waals surface area contributed by atoms with Crippen molar-refractivity contribution in [1.82, 2.24) is 0 Å². The van der Waals surface area contributed by atoms with Gasteiger partial charge in [0.05, 0.1) is 0 Å². The Morgan fingerprint density at radius 1 is 1.00 bits per heavy atom. The van der Waals surface area contributed by atoms with Crippen molar-refractivity contribution in [2.24, 2.45) is 0 Å². The fourth-order valence-corrected chi connectivity index (χ4v) is 1.51. The smallest absolute Gasteiger partial charge is 0.123 e. The Kier molecular flexibility index (Phi) is 5.30. The summed E-state index contributed by atoms with van der Waals surface area (Å²) in [6.45, 7) is 5.67. The Morgan fingerprint density at radius 3 is 2.06 bits per heavy atom. The predicted molar refractivity (Wildman–Crippen MR) is 72.2 cm³/mol. The summed E-state index contributed by atoms with van der Waals surface area (Å²) in [5.74, 6) is 0.278. The van der Waals surface area contributed by atoms with E-state index in [0.717, 1.165) is 24.0 Å². The number of phenolic OH excluding ortho intramolecular Hbond substituents is 1. The highest BCUT2D eigenvalue weighted by Crippen LogP contribution is 2.28. The minimum atomic E-state index is 0.278. The van der Waals surface area contributed by atoms with Crippen LogP contribution in [0, 0.1) is 0 Å². The summed E-state index contributed by atoms with van der Waals surface area (Å²) in [7, 11) is 0. The number of fused-ring (bicyclic) bond motifs is 1. The molecule has 3 heteroatoms. The van der Waals surface area contributed by atoms with Crippen molar-refractivity contribution >= 4 is 16.5 Å². The van der Waals surface area contributed by atoms with Crippen LogP contribution in [0.5, 0.6) is 5.75 Å². The summed E-state index contributed by atoms with van der Waals surface area (Å²) in [5.41, 5.74) is 6.41. The third-order valence-electron chi connectivity index (χ3n) is 2.34. The van der Waals surface area contributed by atoms with E-state index in [-0.39, 0.29) is 5.75 Å². The lowest BCUT2D eigenvalue weighted by Crippen LogP contribution is -1.85. The number of aromatic hydroxyl groups is 1. The molecule has 0 radical (unpaired) electrons. The van der Waals surface area contributed by atoms with Crippen LogP contribution in [-0.2, 0) is 4.74 Å². The van der Waals surface area contributed by atoms with Crippen LogP contribution in [-0.4, -0.2) is 18.3 Å². The van der Waals surface area contributed by atoms with Crippen LogP contribution in [0.3, 0.4) is 0 Å². The van der Waals surface area contributed by atoms with Crippen molar-refractivity contribution in [1.29, 1.82) is 0 Å². The molecule has 0 fully saturated rings. The van der Waals surface area contributed by atoms with Crippen LogP contribution < -0.4 is 5.73 Å². The second-order valence-corrected chi connectivity index (χ2v) is 3.50. The number of ether oxygens (including phenoxy) is 1. The molecule has 2 rings (SSSR count).